The first-order valence-electron chi connectivity index (χ1n) is 12.6. The molecular weight excluding hydrogens is 595 g/mol. The van der Waals surface area contributed by atoms with Crippen molar-refractivity contribution >= 4 is 69.5 Å². The van der Waals surface area contributed by atoms with Gasteiger partial charge >= 0.3 is 11.9 Å². The minimum atomic E-state index is -0.942. The Bertz CT molecular complexity index is 1280. The van der Waals surface area contributed by atoms with Gasteiger partial charge in [0.05, 0.1) is 12.0 Å². The minimum absolute atomic E-state index is 0.0358. The van der Waals surface area contributed by atoms with E-state index in [-0.39, 0.29) is 22.2 Å². The Morgan fingerprint density at radius 2 is 2.12 bits per heavy atom. The number of thioether (sulfide) groups is 2. The van der Waals surface area contributed by atoms with Crippen LogP contribution in [0.5, 0.6) is 0 Å². The second-order valence-corrected chi connectivity index (χ2v) is 13.3. The highest BCUT2D eigenvalue weighted by molar-refractivity contribution is 8.02. The van der Waals surface area contributed by atoms with E-state index in [1.807, 2.05) is 5.41 Å². The van der Waals surface area contributed by atoms with Gasteiger partial charge in [0.2, 0.25) is 6.79 Å². The highest BCUT2D eigenvalue weighted by Gasteiger charge is 2.54. The monoisotopic (exact) mass is 625 g/mol. The van der Waals surface area contributed by atoms with E-state index in [2.05, 4.69) is 15.5 Å². The van der Waals surface area contributed by atoms with E-state index in [0.717, 1.165) is 17.8 Å². The second-order valence-electron chi connectivity index (χ2n) is 10.1. The van der Waals surface area contributed by atoms with Crippen LogP contribution in [-0.4, -0.2) is 88.9 Å². The zero-order valence-electron chi connectivity index (χ0n) is 22.9. The molecule has 0 bridgehead atoms. The lowest BCUT2D eigenvalue weighted by Crippen LogP contribution is -2.71. The summed E-state index contributed by atoms with van der Waals surface area (Å²) in [6.07, 6.45) is 2.70. The summed E-state index contributed by atoms with van der Waals surface area (Å²) in [6.45, 7) is 5.79. The maximum absolute atomic E-state index is 13.3. The van der Waals surface area contributed by atoms with Crippen LogP contribution in [0.2, 0.25) is 0 Å². The van der Waals surface area contributed by atoms with E-state index in [9.17, 15) is 19.2 Å². The Morgan fingerprint density at radius 1 is 1.34 bits per heavy atom. The largest absolute Gasteiger partial charge is 0.427 e. The Labute approximate surface area is 249 Å². The number of nitrogens with one attached hydrogen (secondary N) is 1. The van der Waals surface area contributed by atoms with E-state index in [0.29, 0.717) is 29.8 Å². The summed E-state index contributed by atoms with van der Waals surface area (Å²) >= 11 is 4.10. The zero-order valence-corrected chi connectivity index (χ0v) is 25.4. The van der Waals surface area contributed by atoms with Gasteiger partial charge in [-0.1, -0.05) is 5.16 Å². The number of hydrogen-bond donors (Lipinski definition) is 2. The number of nitrogens with zero attached hydrogens (tertiary/aromatic N) is 3. The molecule has 0 aromatic carbocycles. The van der Waals surface area contributed by atoms with Crippen LogP contribution < -0.4 is 11.1 Å². The van der Waals surface area contributed by atoms with Crippen molar-refractivity contribution in [3.8, 4) is 0 Å². The van der Waals surface area contributed by atoms with Gasteiger partial charge in [-0.3, -0.25) is 19.3 Å². The van der Waals surface area contributed by atoms with Gasteiger partial charge in [0.25, 0.3) is 11.8 Å². The minimum Gasteiger partial charge on any atom is -0.427 e. The summed E-state index contributed by atoms with van der Waals surface area (Å²) < 4.78 is 15.7. The molecule has 3 aliphatic rings. The first kappa shape index (κ1) is 30.9. The third-order valence-corrected chi connectivity index (χ3v) is 9.09. The van der Waals surface area contributed by atoms with Crippen molar-refractivity contribution in [3.05, 3.63) is 33.8 Å². The molecule has 0 aliphatic carbocycles. The first-order chi connectivity index (χ1) is 19.5. The predicted octanol–water partition coefficient (Wildman–Crippen LogP) is 1.86. The highest BCUT2D eigenvalue weighted by Crippen LogP contribution is 2.41. The maximum Gasteiger partial charge on any atom is 0.358 e. The van der Waals surface area contributed by atoms with Crippen LogP contribution in [0.25, 0.3) is 0 Å². The third-order valence-electron chi connectivity index (χ3n) is 6.06. The summed E-state index contributed by atoms with van der Waals surface area (Å²) in [7, 11) is 1.28. The first-order valence-corrected chi connectivity index (χ1v) is 15.4. The van der Waals surface area contributed by atoms with Crippen molar-refractivity contribution < 1.29 is 38.2 Å². The zero-order chi connectivity index (χ0) is 29.7. The predicted molar refractivity (Wildman–Crippen MR) is 155 cm³/mol. The van der Waals surface area contributed by atoms with Crippen molar-refractivity contribution in [1.82, 2.24) is 15.2 Å². The van der Waals surface area contributed by atoms with Crippen LogP contribution in [0.1, 0.15) is 32.9 Å². The Balaban J connectivity index is 1.50. The van der Waals surface area contributed by atoms with Gasteiger partial charge in [-0.05, 0) is 44.2 Å². The second kappa shape index (κ2) is 13.3. The number of allylic oxidation sites excluding steroid dienone is 1. The number of fused-ring (bicyclic) bond motifs is 1. The number of anilines is 1. The fourth-order valence-corrected chi connectivity index (χ4v) is 6.67. The number of carbonyl (C=O) groups excluding carboxylic acids is 4. The summed E-state index contributed by atoms with van der Waals surface area (Å²) in [5, 5.41) is 9.82. The molecule has 4 heterocycles. The number of rotatable bonds is 10. The number of amides is 2. The molecule has 1 unspecified atom stereocenters. The van der Waals surface area contributed by atoms with Crippen molar-refractivity contribution in [3.63, 3.8) is 0 Å². The van der Waals surface area contributed by atoms with E-state index < -0.39 is 47.4 Å². The average molecular weight is 626 g/mol. The molecular formula is C25H31N5O8S3. The van der Waals surface area contributed by atoms with Crippen molar-refractivity contribution in [1.29, 1.82) is 0 Å². The molecule has 2 amide bonds. The fraction of sp³-hybridized carbons (Fsp3) is 0.520. The average Bonchev–Trinajstić information content (AvgIpc) is 3.61. The lowest BCUT2D eigenvalue weighted by atomic mass is 9.98. The molecule has 2 fully saturated rings. The van der Waals surface area contributed by atoms with Crippen LogP contribution in [0.15, 0.2) is 33.3 Å². The summed E-state index contributed by atoms with van der Waals surface area (Å²) in [5.74, 6) is -2.17. The number of oxime groups is 1. The summed E-state index contributed by atoms with van der Waals surface area (Å²) in [4.78, 5) is 61.9. The lowest BCUT2D eigenvalue weighted by molar-refractivity contribution is -0.173. The third kappa shape index (κ3) is 7.23. The topological polar surface area (TPSA) is 172 Å². The molecule has 13 nitrogen and oxygen atoms in total. The van der Waals surface area contributed by atoms with Gasteiger partial charge in [0.15, 0.2) is 10.8 Å². The SMILES string of the molecule is CON=C(C(=O)N[C@@H]1C(=O)N2C(C(=O)OCOC(=O)C(C)(C)C)=C(/C=C/SC3CCOC3)CS[C@H]12)c1csc(N)n1. The van der Waals surface area contributed by atoms with Crippen LogP contribution in [0.4, 0.5) is 5.13 Å². The molecule has 0 spiro atoms. The molecule has 3 atom stereocenters. The van der Waals surface area contributed by atoms with Crippen LogP contribution in [0, 0.1) is 5.41 Å². The summed E-state index contributed by atoms with van der Waals surface area (Å²) in [6, 6.07) is -0.942. The van der Waals surface area contributed by atoms with E-state index >= 15 is 0 Å². The standard InChI is InChI=1S/C25H31N5O8S3/c1-25(2,3)23(34)38-12-37-22(33)18-13(6-8-39-14-5-7-36-9-14)10-40-21-17(20(32)30(18)21)28-19(31)16(29-35-4)15-11-41-24(26)27-15/h6,8,11,14,17,21H,5,7,9-10,12H2,1-4H3,(H2,26,27)(H,28,31)/b8-6+,29-16?/t14?,17-,21-/m1/s1. The summed E-state index contributed by atoms with van der Waals surface area (Å²) in [5.41, 5.74) is 5.58. The van der Waals surface area contributed by atoms with Crippen molar-refractivity contribution in [2.45, 2.75) is 43.9 Å². The van der Waals surface area contributed by atoms with Gasteiger partial charge in [-0.2, -0.15) is 0 Å². The molecule has 3 N–H and O–H groups in total. The number of β-lactam (4-membered cyclic amide) rings is 1. The fourth-order valence-electron chi connectivity index (χ4n) is 3.94. The Hall–Kier alpha value is -3.08. The molecule has 1 aromatic heterocycles. The molecule has 0 radical (unpaired) electrons. The highest BCUT2D eigenvalue weighted by atomic mass is 32.2. The van der Waals surface area contributed by atoms with Crippen LogP contribution in [-0.2, 0) is 38.2 Å². The van der Waals surface area contributed by atoms with Gasteiger partial charge in [-0.15, -0.1) is 34.9 Å². The Kier molecular flexibility index (Phi) is 9.99. The van der Waals surface area contributed by atoms with Gasteiger partial charge < -0.3 is 30.1 Å². The van der Waals surface area contributed by atoms with E-state index in [1.54, 1.807) is 44.0 Å². The maximum atomic E-state index is 13.3. The molecule has 1 aromatic rings. The molecule has 0 saturated carbocycles. The molecule has 41 heavy (non-hydrogen) atoms. The number of thiazole rings is 1. The number of nitrogen functional groups attached to an aromatic ring is 1. The quantitative estimate of drug-likeness (QED) is 0.127. The molecule has 222 valence electrons. The smallest absolute Gasteiger partial charge is 0.358 e. The number of carbonyl (C=O) groups is 4. The Morgan fingerprint density at radius 3 is 2.76 bits per heavy atom. The van der Waals surface area contributed by atoms with Crippen molar-refractivity contribution in [2.24, 2.45) is 10.6 Å². The molecule has 2 saturated heterocycles. The van der Waals surface area contributed by atoms with E-state index in [4.69, 9.17) is 24.8 Å². The number of esters is 2. The number of ether oxygens (including phenoxy) is 3. The number of aromatic nitrogens is 1. The number of hydrogen-bond acceptors (Lipinski definition) is 14. The lowest BCUT2D eigenvalue weighted by Gasteiger charge is -2.49. The molecule has 4 rings (SSSR count). The van der Waals surface area contributed by atoms with Crippen molar-refractivity contribution in [2.75, 3.05) is 38.6 Å². The number of nitrogens with two attached hydrogens (primary N) is 1. The van der Waals surface area contributed by atoms with Crippen LogP contribution >= 0.6 is 34.9 Å². The van der Waals surface area contributed by atoms with Crippen LogP contribution in [0.3, 0.4) is 0 Å². The molecule has 16 heteroatoms. The molecule has 3 aliphatic heterocycles. The normalized spacial score (nSPS) is 22.8. The van der Waals surface area contributed by atoms with Gasteiger partial charge in [-0.25, -0.2) is 9.78 Å². The van der Waals surface area contributed by atoms with Gasteiger partial charge in [0.1, 0.15) is 29.9 Å². The van der Waals surface area contributed by atoms with E-state index in [1.165, 1.54) is 23.8 Å². The van der Waals surface area contributed by atoms with Gasteiger partial charge in [0, 0.05) is 23.0 Å².